The van der Waals surface area contributed by atoms with Crippen LogP contribution in [-0.4, -0.2) is 21.8 Å². The standard InChI is InChI=1S/C23H25FN2O2/c1-3-17(2)26(16-18-7-5-4-6-8-18)23(27)14-13-22-25-15-21(28-22)19-9-11-20(24)12-10-19/h4-12,15,17H,3,13-14,16H2,1-2H3. The minimum Gasteiger partial charge on any atom is -0.441 e. The van der Waals surface area contributed by atoms with Gasteiger partial charge in [0, 0.05) is 31.0 Å². The lowest BCUT2D eigenvalue weighted by Crippen LogP contribution is -2.37. The molecule has 0 bridgehead atoms. The predicted octanol–water partition coefficient (Wildman–Crippen LogP) is 5.24. The molecule has 0 saturated heterocycles. The van der Waals surface area contributed by atoms with Crippen LogP contribution in [0, 0.1) is 5.82 Å². The molecule has 0 saturated carbocycles. The minimum absolute atomic E-state index is 0.0831. The van der Waals surface area contributed by atoms with E-state index in [2.05, 4.69) is 18.8 Å². The molecule has 1 atom stereocenters. The topological polar surface area (TPSA) is 46.3 Å². The summed E-state index contributed by atoms with van der Waals surface area (Å²) in [6.45, 7) is 4.75. The fraction of sp³-hybridized carbons (Fsp3) is 0.304. The molecule has 0 aliphatic rings. The lowest BCUT2D eigenvalue weighted by atomic mass is 10.1. The smallest absolute Gasteiger partial charge is 0.223 e. The van der Waals surface area contributed by atoms with E-state index in [1.54, 1.807) is 18.3 Å². The van der Waals surface area contributed by atoms with Crippen molar-refractivity contribution >= 4 is 5.91 Å². The van der Waals surface area contributed by atoms with Crippen molar-refractivity contribution in [3.05, 3.63) is 78.1 Å². The maximum absolute atomic E-state index is 13.1. The number of nitrogens with zero attached hydrogens (tertiary/aromatic N) is 2. The predicted molar refractivity (Wildman–Crippen MR) is 107 cm³/mol. The highest BCUT2D eigenvalue weighted by molar-refractivity contribution is 5.76. The average Bonchev–Trinajstić information content (AvgIpc) is 3.20. The zero-order valence-electron chi connectivity index (χ0n) is 16.3. The first kappa shape index (κ1) is 19.8. The summed E-state index contributed by atoms with van der Waals surface area (Å²) in [5, 5.41) is 0. The summed E-state index contributed by atoms with van der Waals surface area (Å²) >= 11 is 0. The van der Waals surface area contributed by atoms with Gasteiger partial charge in [0.2, 0.25) is 5.91 Å². The zero-order valence-corrected chi connectivity index (χ0v) is 16.3. The molecule has 146 valence electrons. The first-order chi connectivity index (χ1) is 13.6. The molecule has 0 spiro atoms. The molecule has 0 radical (unpaired) electrons. The highest BCUT2D eigenvalue weighted by Gasteiger charge is 2.20. The number of oxazole rings is 1. The Morgan fingerprint density at radius 3 is 2.54 bits per heavy atom. The van der Waals surface area contributed by atoms with Crippen LogP contribution in [0.1, 0.15) is 38.1 Å². The Labute approximate surface area is 165 Å². The van der Waals surface area contributed by atoms with Crippen molar-refractivity contribution in [2.75, 3.05) is 0 Å². The van der Waals surface area contributed by atoms with Crippen molar-refractivity contribution in [3.63, 3.8) is 0 Å². The van der Waals surface area contributed by atoms with Crippen molar-refractivity contribution in [2.24, 2.45) is 0 Å². The van der Waals surface area contributed by atoms with Crippen molar-refractivity contribution in [1.29, 1.82) is 0 Å². The Morgan fingerprint density at radius 1 is 1.14 bits per heavy atom. The van der Waals surface area contributed by atoms with E-state index in [1.807, 2.05) is 35.2 Å². The van der Waals surface area contributed by atoms with Gasteiger partial charge < -0.3 is 9.32 Å². The number of carbonyl (C=O) groups is 1. The lowest BCUT2D eigenvalue weighted by Gasteiger charge is -2.28. The summed E-state index contributed by atoms with van der Waals surface area (Å²) in [7, 11) is 0. The van der Waals surface area contributed by atoms with Crippen LogP contribution in [0.15, 0.2) is 65.2 Å². The highest BCUT2D eigenvalue weighted by atomic mass is 19.1. The van der Waals surface area contributed by atoms with Gasteiger partial charge in [0.15, 0.2) is 11.7 Å². The van der Waals surface area contributed by atoms with Gasteiger partial charge >= 0.3 is 0 Å². The van der Waals surface area contributed by atoms with Gasteiger partial charge in [-0.3, -0.25) is 4.79 Å². The minimum atomic E-state index is -0.294. The maximum Gasteiger partial charge on any atom is 0.223 e. The number of aromatic nitrogens is 1. The van der Waals surface area contributed by atoms with E-state index in [0.717, 1.165) is 17.5 Å². The zero-order chi connectivity index (χ0) is 19.9. The van der Waals surface area contributed by atoms with Gasteiger partial charge in [-0.1, -0.05) is 37.3 Å². The maximum atomic E-state index is 13.1. The third kappa shape index (κ3) is 5.06. The first-order valence-corrected chi connectivity index (χ1v) is 9.61. The molecule has 1 unspecified atom stereocenters. The van der Waals surface area contributed by atoms with E-state index >= 15 is 0 Å². The van der Waals surface area contributed by atoms with Crippen LogP contribution >= 0.6 is 0 Å². The number of aryl methyl sites for hydroxylation is 1. The fourth-order valence-corrected chi connectivity index (χ4v) is 3.02. The van der Waals surface area contributed by atoms with Crippen LogP contribution in [0.5, 0.6) is 0 Å². The Hall–Kier alpha value is -2.95. The van der Waals surface area contributed by atoms with E-state index in [1.165, 1.54) is 12.1 Å². The Bertz CT molecular complexity index is 890. The second kappa shape index (κ2) is 9.31. The molecule has 1 heterocycles. The molecular weight excluding hydrogens is 355 g/mol. The number of halogens is 1. The van der Waals surface area contributed by atoms with Gasteiger partial charge in [0.05, 0.1) is 6.20 Å². The van der Waals surface area contributed by atoms with Gasteiger partial charge in [-0.2, -0.15) is 0 Å². The Kier molecular flexibility index (Phi) is 6.58. The quantitative estimate of drug-likeness (QED) is 0.537. The number of hydrogen-bond donors (Lipinski definition) is 0. The molecule has 3 aromatic rings. The van der Waals surface area contributed by atoms with Crippen LogP contribution < -0.4 is 0 Å². The number of rotatable bonds is 8. The van der Waals surface area contributed by atoms with E-state index < -0.39 is 0 Å². The van der Waals surface area contributed by atoms with Gasteiger partial charge in [0.1, 0.15) is 5.82 Å². The molecule has 1 amide bonds. The summed E-state index contributed by atoms with van der Waals surface area (Å²) < 4.78 is 18.8. The molecule has 28 heavy (non-hydrogen) atoms. The van der Waals surface area contributed by atoms with Gasteiger partial charge in [0.25, 0.3) is 0 Å². The van der Waals surface area contributed by atoms with Gasteiger partial charge in [-0.15, -0.1) is 0 Å². The van der Waals surface area contributed by atoms with Crippen LogP contribution in [0.25, 0.3) is 11.3 Å². The lowest BCUT2D eigenvalue weighted by molar-refractivity contribution is -0.134. The molecule has 0 fully saturated rings. The van der Waals surface area contributed by atoms with E-state index in [4.69, 9.17) is 4.42 Å². The van der Waals surface area contributed by atoms with Crippen LogP contribution in [0.2, 0.25) is 0 Å². The molecule has 1 aromatic heterocycles. The van der Waals surface area contributed by atoms with Gasteiger partial charge in [-0.05, 0) is 43.2 Å². The summed E-state index contributed by atoms with van der Waals surface area (Å²) in [4.78, 5) is 19.0. The van der Waals surface area contributed by atoms with Crippen molar-refractivity contribution in [3.8, 4) is 11.3 Å². The number of carbonyl (C=O) groups excluding carboxylic acids is 1. The van der Waals surface area contributed by atoms with Crippen LogP contribution in [-0.2, 0) is 17.8 Å². The fourth-order valence-electron chi connectivity index (χ4n) is 3.02. The summed E-state index contributed by atoms with van der Waals surface area (Å²) in [6.07, 6.45) is 3.28. The summed E-state index contributed by atoms with van der Waals surface area (Å²) in [5.41, 5.74) is 1.88. The molecule has 5 heteroatoms. The average molecular weight is 380 g/mol. The molecule has 0 aliphatic heterocycles. The number of benzene rings is 2. The van der Waals surface area contributed by atoms with E-state index in [0.29, 0.717) is 31.0 Å². The third-order valence-corrected chi connectivity index (χ3v) is 4.87. The van der Waals surface area contributed by atoms with Crippen molar-refractivity contribution in [2.45, 2.75) is 45.7 Å². The Morgan fingerprint density at radius 2 is 1.86 bits per heavy atom. The molecule has 2 aromatic carbocycles. The molecular formula is C23H25FN2O2. The summed E-state index contributed by atoms with van der Waals surface area (Å²) in [5.74, 6) is 0.874. The van der Waals surface area contributed by atoms with E-state index in [9.17, 15) is 9.18 Å². The first-order valence-electron chi connectivity index (χ1n) is 9.61. The van der Waals surface area contributed by atoms with E-state index in [-0.39, 0.29) is 17.8 Å². The summed E-state index contributed by atoms with van der Waals surface area (Å²) in [6, 6.07) is 16.2. The second-order valence-corrected chi connectivity index (χ2v) is 6.89. The molecule has 4 nitrogen and oxygen atoms in total. The SMILES string of the molecule is CCC(C)N(Cc1ccccc1)C(=O)CCc1ncc(-c2ccc(F)cc2)o1. The normalized spacial score (nSPS) is 12.0. The third-order valence-electron chi connectivity index (χ3n) is 4.87. The Balaban J connectivity index is 1.63. The molecule has 0 aliphatic carbocycles. The van der Waals surface area contributed by atoms with Crippen molar-refractivity contribution in [1.82, 2.24) is 9.88 Å². The number of hydrogen-bond acceptors (Lipinski definition) is 3. The monoisotopic (exact) mass is 380 g/mol. The van der Waals surface area contributed by atoms with Crippen LogP contribution in [0.3, 0.4) is 0 Å². The van der Waals surface area contributed by atoms with Crippen molar-refractivity contribution < 1.29 is 13.6 Å². The highest BCUT2D eigenvalue weighted by Crippen LogP contribution is 2.21. The molecule has 0 N–H and O–H groups in total. The van der Waals surface area contributed by atoms with Crippen LogP contribution in [0.4, 0.5) is 4.39 Å². The molecule has 3 rings (SSSR count). The number of amides is 1. The largest absolute Gasteiger partial charge is 0.441 e. The van der Waals surface area contributed by atoms with Gasteiger partial charge in [-0.25, -0.2) is 9.37 Å². The second-order valence-electron chi connectivity index (χ2n) is 6.89.